The van der Waals surface area contributed by atoms with E-state index < -0.39 is 15.4 Å². The van der Waals surface area contributed by atoms with Crippen LogP contribution in [0.25, 0.3) is 0 Å². The van der Waals surface area contributed by atoms with Crippen molar-refractivity contribution in [2.75, 3.05) is 28.1 Å². The van der Waals surface area contributed by atoms with Gasteiger partial charge in [-0.1, -0.05) is 13.8 Å². The number of sulfonamides is 1. The van der Waals surface area contributed by atoms with Gasteiger partial charge in [-0.2, -0.15) is 0 Å². The third kappa shape index (κ3) is 5.70. The molecule has 3 rings (SSSR count). The molecular formula is C25H33N3O5S. The summed E-state index contributed by atoms with van der Waals surface area (Å²) in [4.78, 5) is 26.3. The van der Waals surface area contributed by atoms with Crippen molar-refractivity contribution in [3.63, 3.8) is 0 Å². The zero-order valence-corrected chi connectivity index (χ0v) is 21.4. The van der Waals surface area contributed by atoms with Gasteiger partial charge in [0, 0.05) is 25.2 Å². The minimum atomic E-state index is -3.89. The lowest BCUT2D eigenvalue weighted by atomic mass is 9.92. The Morgan fingerprint density at radius 2 is 1.82 bits per heavy atom. The number of carbonyl (C=O) groups is 2. The first-order chi connectivity index (χ1) is 15.8. The highest BCUT2D eigenvalue weighted by Gasteiger charge is 2.37. The molecule has 0 spiro atoms. The third-order valence-corrected chi connectivity index (χ3v) is 7.17. The van der Waals surface area contributed by atoms with Crippen LogP contribution in [0.15, 0.2) is 41.3 Å². The van der Waals surface area contributed by atoms with Crippen molar-refractivity contribution >= 4 is 38.9 Å². The van der Waals surface area contributed by atoms with Gasteiger partial charge in [0.2, 0.25) is 11.8 Å². The van der Waals surface area contributed by atoms with Gasteiger partial charge in [-0.25, -0.2) is 8.42 Å². The second-order valence-electron chi connectivity index (χ2n) is 9.76. The van der Waals surface area contributed by atoms with E-state index in [2.05, 4.69) is 23.9 Å². The van der Waals surface area contributed by atoms with Crippen molar-refractivity contribution in [3.05, 3.63) is 42.0 Å². The predicted molar refractivity (Wildman–Crippen MR) is 134 cm³/mol. The van der Waals surface area contributed by atoms with Gasteiger partial charge in [0.25, 0.3) is 10.0 Å². The van der Waals surface area contributed by atoms with Gasteiger partial charge >= 0.3 is 0 Å². The summed E-state index contributed by atoms with van der Waals surface area (Å²) in [5, 5.41) is 2.64. The molecule has 0 saturated carbocycles. The Labute approximate surface area is 201 Å². The maximum Gasteiger partial charge on any atom is 0.262 e. The number of fused-ring (bicyclic) bond motifs is 1. The SMILES string of the molecule is CC(=O)Nc1ccc(S(=O)(=O)Nc2ccc3c(c2)OCC(C)(C)C(=O)N3CCC(C)C)c(C)c1. The molecule has 1 heterocycles. The third-order valence-electron chi connectivity index (χ3n) is 5.63. The molecule has 2 N–H and O–H groups in total. The largest absolute Gasteiger partial charge is 0.490 e. The molecule has 184 valence electrons. The molecule has 0 fully saturated rings. The molecule has 0 aromatic heterocycles. The highest BCUT2D eigenvalue weighted by atomic mass is 32.2. The topological polar surface area (TPSA) is 105 Å². The number of ether oxygens (including phenoxy) is 1. The maximum absolute atomic E-state index is 13.2. The van der Waals surface area contributed by atoms with E-state index in [0.29, 0.717) is 40.8 Å². The van der Waals surface area contributed by atoms with Crippen molar-refractivity contribution < 1.29 is 22.7 Å². The summed E-state index contributed by atoms with van der Waals surface area (Å²) in [6.45, 7) is 11.7. The Morgan fingerprint density at radius 3 is 2.44 bits per heavy atom. The monoisotopic (exact) mass is 487 g/mol. The second-order valence-corrected chi connectivity index (χ2v) is 11.4. The molecule has 1 aliphatic heterocycles. The molecule has 1 aliphatic rings. The predicted octanol–water partition coefficient (Wildman–Crippen LogP) is 4.55. The van der Waals surface area contributed by atoms with Crippen molar-refractivity contribution in [3.8, 4) is 5.75 Å². The molecular weight excluding hydrogens is 454 g/mol. The number of hydrogen-bond donors (Lipinski definition) is 2. The summed E-state index contributed by atoms with van der Waals surface area (Å²) in [7, 11) is -3.89. The van der Waals surface area contributed by atoms with Gasteiger partial charge in [-0.3, -0.25) is 14.3 Å². The Balaban J connectivity index is 1.91. The van der Waals surface area contributed by atoms with E-state index in [1.165, 1.54) is 13.0 Å². The average molecular weight is 488 g/mol. The van der Waals surface area contributed by atoms with Crippen LogP contribution in [-0.2, 0) is 19.6 Å². The van der Waals surface area contributed by atoms with Crippen LogP contribution in [0.3, 0.4) is 0 Å². The van der Waals surface area contributed by atoms with Crippen molar-refractivity contribution in [1.29, 1.82) is 0 Å². The number of anilines is 3. The molecule has 0 atom stereocenters. The fourth-order valence-corrected chi connectivity index (χ4v) is 5.04. The van der Waals surface area contributed by atoms with Gasteiger partial charge in [0.05, 0.1) is 21.7 Å². The van der Waals surface area contributed by atoms with Crippen molar-refractivity contribution in [1.82, 2.24) is 0 Å². The summed E-state index contributed by atoms with van der Waals surface area (Å²) in [5.41, 5.74) is 1.28. The number of aryl methyl sites for hydroxylation is 1. The molecule has 2 amide bonds. The minimum Gasteiger partial charge on any atom is -0.490 e. The van der Waals surface area contributed by atoms with Crippen LogP contribution < -0.4 is 19.7 Å². The summed E-state index contributed by atoms with van der Waals surface area (Å²) in [6.07, 6.45) is 0.837. The van der Waals surface area contributed by atoms with Crippen LogP contribution in [-0.4, -0.2) is 33.4 Å². The van der Waals surface area contributed by atoms with Crippen LogP contribution in [0.5, 0.6) is 5.75 Å². The van der Waals surface area contributed by atoms with Crippen LogP contribution in [0.4, 0.5) is 17.1 Å². The quantitative estimate of drug-likeness (QED) is 0.596. The van der Waals surface area contributed by atoms with Gasteiger partial charge in [-0.15, -0.1) is 0 Å². The molecule has 34 heavy (non-hydrogen) atoms. The zero-order valence-electron chi connectivity index (χ0n) is 20.6. The Hall–Kier alpha value is -3.07. The fourth-order valence-electron chi connectivity index (χ4n) is 3.76. The van der Waals surface area contributed by atoms with Crippen molar-refractivity contribution in [2.45, 2.75) is 52.9 Å². The highest BCUT2D eigenvalue weighted by Crippen LogP contribution is 2.39. The molecule has 9 heteroatoms. The van der Waals surface area contributed by atoms with Gasteiger partial charge in [-0.05, 0) is 69.0 Å². The lowest BCUT2D eigenvalue weighted by Crippen LogP contribution is -2.42. The molecule has 0 unspecified atom stereocenters. The van der Waals surface area contributed by atoms with Crippen LogP contribution >= 0.6 is 0 Å². The van der Waals surface area contributed by atoms with E-state index in [-0.39, 0.29) is 23.3 Å². The Kier molecular flexibility index (Phi) is 7.26. The van der Waals surface area contributed by atoms with Crippen molar-refractivity contribution in [2.24, 2.45) is 11.3 Å². The molecule has 0 radical (unpaired) electrons. The van der Waals surface area contributed by atoms with Gasteiger partial charge < -0.3 is 15.0 Å². The molecule has 0 aliphatic carbocycles. The smallest absolute Gasteiger partial charge is 0.262 e. The average Bonchev–Trinajstić information content (AvgIpc) is 2.80. The number of carbonyl (C=O) groups excluding carboxylic acids is 2. The molecule has 2 aromatic rings. The lowest BCUT2D eigenvalue weighted by Gasteiger charge is -2.28. The summed E-state index contributed by atoms with van der Waals surface area (Å²) >= 11 is 0. The van der Waals surface area contributed by atoms with E-state index in [1.54, 1.807) is 42.2 Å². The normalized spacial score (nSPS) is 15.4. The number of rotatable bonds is 7. The summed E-state index contributed by atoms with van der Waals surface area (Å²) in [5.74, 6) is 0.632. The first-order valence-electron chi connectivity index (χ1n) is 11.3. The fraction of sp³-hybridized carbons (Fsp3) is 0.440. The second kappa shape index (κ2) is 9.66. The lowest BCUT2D eigenvalue weighted by molar-refractivity contribution is -0.127. The van der Waals surface area contributed by atoms with Gasteiger partial charge in [0.1, 0.15) is 12.4 Å². The Morgan fingerprint density at radius 1 is 1.15 bits per heavy atom. The minimum absolute atomic E-state index is 0.0184. The van der Waals surface area contributed by atoms with Crippen LogP contribution in [0.1, 0.15) is 46.6 Å². The maximum atomic E-state index is 13.2. The summed E-state index contributed by atoms with van der Waals surface area (Å²) in [6, 6.07) is 9.58. The molecule has 2 aromatic carbocycles. The van der Waals surface area contributed by atoms with E-state index >= 15 is 0 Å². The first-order valence-corrected chi connectivity index (χ1v) is 12.8. The number of benzene rings is 2. The highest BCUT2D eigenvalue weighted by molar-refractivity contribution is 7.92. The van der Waals surface area contributed by atoms with Gasteiger partial charge in [0.15, 0.2) is 0 Å². The summed E-state index contributed by atoms with van der Waals surface area (Å²) < 4.78 is 34.7. The van der Waals surface area contributed by atoms with E-state index in [9.17, 15) is 18.0 Å². The molecule has 0 bridgehead atoms. The zero-order chi connectivity index (χ0) is 25.3. The number of nitrogens with zero attached hydrogens (tertiary/aromatic N) is 1. The van der Waals surface area contributed by atoms with E-state index in [0.717, 1.165) is 6.42 Å². The number of nitrogens with one attached hydrogen (secondary N) is 2. The number of amides is 2. The molecule has 0 saturated heterocycles. The van der Waals surface area contributed by atoms with Crippen LogP contribution in [0, 0.1) is 18.3 Å². The first kappa shape index (κ1) is 25.6. The number of hydrogen-bond acceptors (Lipinski definition) is 5. The Bertz CT molecular complexity index is 1210. The molecule has 8 nitrogen and oxygen atoms in total. The van der Waals surface area contributed by atoms with E-state index in [4.69, 9.17) is 4.74 Å². The van der Waals surface area contributed by atoms with Crippen LogP contribution in [0.2, 0.25) is 0 Å². The van der Waals surface area contributed by atoms with E-state index in [1.807, 2.05) is 13.8 Å². The standard InChI is InChI=1S/C25H33N3O5S/c1-16(2)11-12-28-21-9-7-20(14-22(21)33-15-25(5,6)24(28)30)27-34(31,32)23-10-8-19(13-17(23)3)26-18(4)29/h7-10,13-14,16,27H,11-12,15H2,1-6H3,(H,26,29).